The van der Waals surface area contributed by atoms with Crippen molar-refractivity contribution >= 4 is 5.69 Å². The van der Waals surface area contributed by atoms with Crippen molar-refractivity contribution in [2.24, 2.45) is 0 Å². The zero-order valence-electron chi connectivity index (χ0n) is 7.85. The van der Waals surface area contributed by atoms with E-state index in [2.05, 4.69) is 25.0 Å². The summed E-state index contributed by atoms with van der Waals surface area (Å²) in [5.74, 6) is 0.122. The van der Waals surface area contributed by atoms with Crippen LogP contribution >= 0.6 is 0 Å². The fourth-order valence-corrected chi connectivity index (χ4v) is 1.13. The lowest BCUT2D eigenvalue weighted by atomic mass is 10.3. The average Bonchev–Trinajstić information content (AvgIpc) is 2.71. The van der Waals surface area contributed by atoms with Crippen LogP contribution in [0.5, 0.6) is 0 Å². The molecule has 0 aromatic carbocycles. The molecule has 0 aliphatic rings. The maximum atomic E-state index is 12.7. The number of hydrogen-bond acceptors (Lipinski definition) is 5. The number of aromatic nitrogens is 3. The molecule has 1 N–H and O–H groups in total. The summed E-state index contributed by atoms with van der Waals surface area (Å²) in [7, 11) is 0. The highest BCUT2D eigenvalue weighted by atomic mass is 19.1. The summed E-state index contributed by atoms with van der Waals surface area (Å²) < 4.78 is 17.3. The number of rotatable bonds is 4. The SMILES string of the molecule is Fc1cc(NCCc2ncon2)ccn1. The van der Waals surface area contributed by atoms with Crippen LogP contribution in [0.1, 0.15) is 5.82 Å². The fourth-order valence-electron chi connectivity index (χ4n) is 1.13. The Morgan fingerprint density at radius 2 is 2.33 bits per heavy atom. The topological polar surface area (TPSA) is 63.8 Å². The molecule has 5 nitrogen and oxygen atoms in total. The zero-order chi connectivity index (χ0) is 10.5. The van der Waals surface area contributed by atoms with Gasteiger partial charge in [0.2, 0.25) is 12.3 Å². The molecule has 0 aliphatic heterocycles. The lowest BCUT2D eigenvalue weighted by Crippen LogP contribution is -2.06. The molecule has 0 saturated carbocycles. The summed E-state index contributed by atoms with van der Waals surface area (Å²) in [6.07, 6.45) is 3.31. The molecule has 0 bridgehead atoms. The first-order valence-electron chi connectivity index (χ1n) is 4.45. The van der Waals surface area contributed by atoms with Crippen LogP contribution in [0, 0.1) is 5.95 Å². The van der Waals surface area contributed by atoms with Crippen molar-refractivity contribution in [3.05, 3.63) is 36.5 Å². The van der Waals surface area contributed by atoms with Gasteiger partial charge in [0.15, 0.2) is 5.82 Å². The minimum Gasteiger partial charge on any atom is -0.384 e. The largest absolute Gasteiger partial charge is 0.384 e. The monoisotopic (exact) mass is 208 g/mol. The number of hydrogen-bond donors (Lipinski definition) is 1. The van der Waals surface area contributed by atoms with Gasteiger partial charge in [0.05, 0.1) is 0 Å². The van der Waals surface area contributed by atoms with E-state index >= 15 is 0 Å². The molecule has 2 aromatic rings. The van der Waals surface area contributed by atoms with Crippen LogP contribution in [0.4, 0.5) is 10.1 Å². The van der Waals surface area contributed by atoms with Crippen LogP contribution in [0.15, 0.2) is 29.2 Å². The van der Waals surface area contributed by atoms with E-state index in [-0.39, 0.29) is 0 Å². The van der Waals surface area contributed by atoms with Crippen LogP contribution < -0.4 is 5.32 Å². The third-order valence-corrected chi connectivity index (χ3v) is 1.81. The molecule has 78 valence electrons. The first kappa shape index (κ1) is 9.57. The van der Waals surface area contributed by atoms with E-state index in [0.717, 1.165) is 0 Å². The highest BCUT2D eigenvalue weighted by molar-refractivity contribution is 5.41. The van der Waals surface area contributed by atoms with E-state index in [1.54, 1.807) is 6.07 Å². The van der Waals surface area contributed by atoms with E-state index in [1.165, 1.54) is 18.7 Å². The summed E-state index contributed by atoms with van der Waals surface area (Å²) in [6, 6.07) is 3.02. The Morgan fingerprint density at radius 3 is 3.07 bits per heavy atom. The normalized spacial score (nSPS) is 10.2. The quantitative estimate of drug-likeness (QED) is 0.766. The second-order valence-electron chi connectivity index (χ2n) is 2.89. The van der Waals surface area contributed by atoms with E-state index in [0.29, 0.717) is 24.5 Å². The molecule has 0 fully saturated rings. The van der Waals surface area contributed by atoms with Crippen LogP contribution in [0.25, 0.3) is 0 Å². The van der Waals surface area contributed by atoms with Gasteiger partial charge in [0, 0.05) is 30.9 Å². The van der Waals surface area contributed by atoms with Crippen molar-refractivity contribution in [3.8, 4) is 0 Å². The summed E-state index contributed by atoms with van der Waals surface area (Å²) in [4.78, 5) is 7.31. The van der Waals surface area contributed by atoms with E-state index in [1.807, 2.05) is 0 Å². The highest BCUT2D eigenvalue weighted by Crippen LogP contribution is 2.06. The molecule has 0 spiro atoms. The Morgan fingerprint density at radius 1 is 1.40 bits per heavy atom. The summed E-state index contributed by atoms with van der Waals surface area (Å²) in [5.41, 5.74) is 0.686. The lowest BCUT2D eigenvalue weighted by molar-refractivity contribution is 0.410. The molecule has 0 saturated heterocycles. The van der Waals surface area contributed by atoms with Crippen LogP contribution in [-0.2, 0) is 6.42 Å². The molecular weight excluding hydrogens is 199 g/mol. The molecule has 6 heteroatoms. The van der Waals surface area contributed by atoms with E-state index in [9.17, 15) is 4.39 Å². The Kier molecular flexibility index (Phi) is 2.87. The van der Waals surface area contributed by atoms with Gasteiger partial charge in [-0.25, -0.2) is 4.98 Å². The maximum absolute atomic E-state index is 12.7. The highest BCUT2D eigenvalue weighted by Gasteiger charge is 1.98. The van der Waals surface area contributed by atoms with E-state index in [4.69, 9.17) is 0 Å². The molecule has 2 aromatic heterocycles. The molecule has 2 rings (SSSR count). The van der Waals surface area contributed by atoms with Gasteiger partial charge in [-0.05, 0) is 6.07 Å². The Labute approximate surface area is 85.3 Å². The Hall–Kier alpha value is -1.98. The van der Waals surface area contributed by atoms with Crippen LogP contribution in [0.3, 0.4) is 0 Å². The predicted octanol–water partition coefficient (Wildman–Crippen LogP) is 1.26. The van der Waals surface area contributed by atoms with Crippen molar-refractivity contribution in [2.45, 2.75) is 6.42 Å². The standard InChI is InChI=1S/C9H9FN4O/c10-8-5-7(1-3-12-8)11-4-2-9-13-6-15-14-9/h1,3,5-6H,2,4H2,(H,11,12). The lowest BCUT2D eigenvalue weighted by Gasteiger charge is -2.03. The molecule has 0 unspecified atom stereocenters. The number of nitrogens with one attached hydrogen (secondary N) is 1. The van der Waals surface area contributed by atoms with Gasteiger partial charge >= 0.3 is 0 Å². The number of nitrogens with zero attached hydrogens (tertiary/aromatic N) is 3. The molecule has 0 aliphatic carbocycles. The van der Waals surface area contributed by atoms with Crippen molar-refractivity contribution in [1.29, 1.82) is 0 Å². The van der Waals surface area contributed by atoms with Gasteiger partial charge in [-0.15, -0.1) is 0 Å². The third kappa shape index (κ3) is 2.73. The summed E-state index contributed by atoms with van der Waals surface area (Å²) in [6.45, 7) is 0.614. The first-order chi connectivity index (χ1) is 7.34. The smallest absolute Gasteiger partial charge is 0.214 e. The molecule has 0 amide bonds. The zero-order valence-corrected chi connectivity index (χ0v) is 7.85. The molecule has 0 atom stereocenters. The minimum absolute atomic E-state index is 0.500. The summed E-state index contributed by atoms with van der Waals surface area (Å²) >= 11 is 0. The Balaban J connectivity index is 1.83. The molecule has 15 heavy (non-hydrogen) atoms. The van der Waals surface area contributed by atoms with Crippen molar-refractivity contribution < 1.29 is 8.91 Å². The van der Waals surface area contributed by atoms with Crippen molar-refractivity contribution in [3.63, 3.8) is 0 Å². The van der Waals surface area contributed by atoms with Gasteiger partial charge in [0.1, 0.15) is 0 Å². The van der Waals surface area contributed by atoms with E-state index < -0.39 is 5.95 Å². The predicted molar refractivity (Wildman–Crippen MR) is 50.7 cm³/mol. The molecular formula is C9H9FN4O. The van der Waals surface area contributed by atoms with Gasteiger partial charge in [0.25, 0.3) is 0 Å². The fraction of sp³-hybridized carbons (Fsp3) is 0.222. The number of anilines is 1. The van der Waals surface area contributed by atoms with Crippen molar-refractivity contribution in [2.75, 3.05) is 11.9 Å². The van der Waals surface area contributed by atoms with Crippen LogP contribution in [-0.4, -0.2) is 21.7 Å². The number of pyridine rings is 1. The van der Waals surface area contributed by atoms with Crippen molar-refractivity contribution in [1.82, 2.24) is 15.1 Å². The average molecular weight is 208 g/mol. The van der Waals surface area contributed by atoms with Gasteiger partial charge in [-0.2, -0.15) is 9.37 Å². The third-order valence-electron chi connectivity index (χ3n) is 1.81. The van der Waals surface area contributed by atoms with Crippen LogP contribution in [0.2, 0.25) is 0 Å². The van der Waals surface area contributed by atoms with Gasteiger partial charge in [-0.3, -0.25) is 0 Å². The molecule has 0 radical (unpaired) electrons. The Bertz CT molecular complexity index is 418. The second kappa shape index (κ2) is 4.50. The second-order valence-corrected chi connectivity index (χ2v) is 2.89. The summed E-state index contributed by atoms with van der Waals surface area (Å²) in [5, 5.41) is 6.67. The first-order valence-corrected chi connectivity index (χ1v) is 4.45. The molecule has 2 heterocycles. The van der Waals surface area contributed by atoms with Gasteiger partial charge < -0.3 is 9.84 Å². The minimum atomic E-state index is -0.500. The maximum Gasteiger partial charge on any atom is 0.214 e. The van der Waals surface area contributed by atoms with Gasteiger partial charge in [-0.1, -0.05) is 5.16 Å². The number of halogens is 1.